The highest BCUT2D eigenvalue weighted by atomic mass is 32.1. The molecule has 3 rings (SSSR count). The summed E-state index contributed by atoms with van der Waals surface area (Å²) in [4.78, 5) is 16.7. The van der Waals surface area contributed by atoms with E-state index < -0.39 is 0 Å². The molecule has 1 amide bonds. The molecule has 0 spiro atoms. The average molecular weight is 297 g/mol. The molecule has 0 bridgehead atoms. The Bertz CT molecular complexity index is 782. The van der Waals surface area contributed by atoms with Crippen LogP contribution in [0.4, 0.5) is 11.4 Å². The van der Waals surface area contributed by atoms with E-state index in [9.17, 15) is 4.79 Å². The van der Waals surface area contributed by atoms with Crippen molar-refractivity contribution in [2.45, 2.75) is 6.92 Å². The van der Waals surface area contributed by atoms with Crippen molar-refractivity contribution in [1.82, 2.24) is 4.98 Å². The van der Waals surface area contributed by atoms with Gasteiger partial charge in [0.1, 0.15) is 0 Å². The number of anilines is 2. The molecule has 0 aliphatic carbocycles. The van der Waals surface area contributed by atoms with Gasteiger partial charge < -0.3 is 10.6 Å². The van der Waals surface area contributed by atoms with Crippen molar-refractivity contribution in [3.63, 3.8) is 0 Å². The van der Waals surface area contributed by atoms with Gasteiger partial charge in [-0.25, -0.2) is 4.98 Å². The van der Waals surface area contributed by atoms with Crippen molar-refractivity contribution in [3.05, 3.63) is 53.5 Å². The molecule has 0 fully saturated rings. The van der Waals surface area contributed by atoms with Crippen LogP contribution in [0.3, 0.4) is 0 Å². The van der Waals surface area contributed by atoms with E-state index in [0.29, 0.717) is 5.56 Å². The number of nitrogens with zero attached hydrogens (tertiary/aromatic N) is 1. The van der Waals surface area contributed by atoms with E-state index in [0.717, 1.165) is 28.1 Å². The summed E-state index contributed by atoms with van der Waals surface area (Å²) in [6.07, 6.45) is 0. The smallest absolute Gasteiger partial charge is 0.257 e. The predicted octanol–water partition coefficient (Wildman–Crippen LogP) is 3.98. The van der Waals surface area contributed by atoms with Crippen molar-refractivity contribution < 1.29 is 4.79 Å². The van der Waals surface area contributed by atoms with E-state index in [-0.39, 0.29) is 5.91 Å². The molecule has 0 radical (unpaired) electrons. The van der Waals surface area contributed by atoms with Crippen LogP contribution in [-0.4, -0.2) is 17.4 Å². The van der Waals surface area contributed by atoms with Crippen LogP contribution in [0.25, 0.3) is 10.2 Å². The van der Waals surface area contributed by atoms with Crippen LogP contribution < -0.4 is 10.6 Å². The van der Waals surface area contributed by atoms with Crippen molar-refractivity contribution in [2.75, 3.05) is 17.2 Å². The van der Waals surface area contributed by atoms with Crippen LogP contribution in [0, 0.1) is 0 Å². The van der Waals surface area contributed by atoms with Gasteiger partial charge in [-0.3, -0.25) is 4.79 Å². The summed E-state index contributed by atoms with van der Waals surface area (Å²) in [5, 5.41) is 6.14. The largest absolute Gasteiger partial charge is 0.385 e. The fraction of sp³-hybridized carbons (Fsp3) is 0.125. The van der Waals surface area contributed by atoms with Crippen LogP contribution in [0.5, 0.6) is 0 Å². The van der Waals surface area contributed by atoms with Gasteiger partial charge in [0.05, 0.1) is 21.3 Å². The summed E-state index contributed by atoms with van der Waals surface area (Å²) in [6.45, 7) is 2.78. The van der Waals surface area contributed by atoms with Gasteiger partial charge >= 0.3 is 0 Å². The van der Waals surface area contributed by atoms with E-state index >= 15 is 0 Å². The van der Waals surface area contributed by atoms with E-state index in [1.165, 1.54) is 0 Å². The monoisotopic (exact) mass is 297 g/mol. The first-order valence-electron chi connectivity index (χ1n) is 6.75. The third-order valence-electron chi connectivity index (χ3n) is 3.13. The molecule has 0 atom stereocenters. The Balaban J connectivity index is 1.85. The third kappa shape index (κ3) is 2.87. The van der Waals surface area contributed by atoms with E-state index in [4.69, 9.17) is 0 Å². The number of carbonyl (C=O) groups is 1. The minimum atomic E-state index is -0.115. The summed E-state index contributed by atoms with van der Waals surface area (Å²) in [7, 11) is 0. The number of carbonyl (C=O) groups excluding carboxylic acids is 1. The Labute approximate surface area is 126 Å². The van der Waals surface area contributed by atoms with Crippen LogP contribution in [-0.2, 0) is 0 Å². The minimum Gasteiger partial charge on any atom is -0.385 e. The van der Waals surface area contributed by atoms with Gasteiger partial charge in [-0.1, -0.05) is 12.1 Å². The molecular weight excluding hydrogens is 282 g/mol. The number of benzene rings is 2. The topological polar surface area (TPSA) is 54.0 Å². The quantitative estimate of drug-likeness (QED) is 0.766. The zero-order valence-corrected chi connectivity index (χ0v) is 12.4. The summed E-state index contributed by atoms with van der Waals surface area (Å²) in [5.74, 6) is -0.115. The summed E-state index contributed by atoms with van der Waals surface area (Å²) in [6, 6.07) is 13.2. The summed E-state index contributed by atoms with van der Waals surface area (Å²) >= 11 is 1.56. The summed E-state index contributed by atoms with van der Waals surface area (Å²) in [5.41, 5.74) is 5.02. The zero-order chi connectivity index (χ0) is 14.7. The molecule has 0 unspecified atom stereocenters. The Morgan fingerprint density at radius 2 is 2.10 bits per heavy atom. The lowest BCUT2D eigenvalue weighted by Gasteiger charge is -2.11. The number of hydrogen-bond acceptors (Lipinski definition) is 4. The molecule has 1 heterocycles. The van der Waals surface area contributed by atoms with Gasteiger partial charge in [0, 0.05) is 17.9 Å². The molecule has 0 aliphatic rings. The second kappa shape index (κ2) is 5.93. The molecule has 2 N–H and O–H groups in total. The lowest BCUT2D eigenvalue weighted by Crippen LogP contribution is -2.14. The van der Waals surface area contributed by atoms with Crippen molar-refractivity contribution in [2.24, 2.45) is 0 Å². The molecule has 0 saturated heterocycles. The number of fused-ring (bicyclic) bond motifs is 1. The Hall–Kier alpha value is -2.40. The van der Waals surface area contributed by atoms with Gasteiger partial charge in [0.2, 0.25) is 0 Å². The molecule has 106 valence electrons. The van der Waals surface area contributed by atoms with Gasteiger partial charge in [-0.2, -0.15) is 0 Å². The number of para-hydroxylation sites is 1. The van der Waals surface area contributed by atoms with Crippen molar-refractivity contribution in [3.8, 4) is 0 Å². The molecule has 21 heavy (non-hydrogen) atoms. The number of thiazole rings is 1. The molecule has 2 aromatic carbocycles. The van der Waals surface area contributed by atoms with Crippen LogP contribution in [0.1, 0.15) is 17.3 Å². The fourth-order valence-corrected chi connectivity index (χ4v) is 2.87. The molecular formula is C16H15N3OS. The number of aromatic nitrogens is 1. The van der Waals surface area contributed by atoms with Gasteiger partial charge in [-0.05, 0) is 37.3 Å². The normalized spacial score (nSPS) is 10.5. The maximum Gasteiger partial charge on any atom is 0.257 e. The van der Waals surface area contributed by atoms with Crippen molar-refractivity contribution >= 4 is 38.8 Å². The first kappa shape index (κ1) is 13.6. The maximum atomic E-state index is 12.4. The highest BCUT2D eigenvalue weighted by molar-refractivity contribution is 7.16. The molecule has 0 aliphatic heterocycles. The van der Waals surface area contributed by atoms with E-state index in [1.54, 1.807) is 16.8 Å². The first-order valence-corrected chi connectivity index (χ1v) is 7.63. The van der Waals surface area contributed by atoms with Gasteiger partial charge in [-0.15, -0.1) is 11.3 Å². The van der Waals surface area contributed by atoms with Gasteiger partial charge in [0.25, 0.3) is 5.91 Å². The molecule has 3 aromatic rings. The zero-order valence-electron chi connectivity index (χ0n) is 11.6. The Morgan fingerprint density at radius 1 is 1.24 bits per heavy atom. The standard InChI is InChI=1S/C16H15N3OS/c1-2-17-13-6-4-3-5-12(13)16(20)19-11-7-8-14-15(9-11)21-10-18-14/h3-10,17H,2H2,1H3,(H,19,20). The second-order valence-corrected chi connectivity index (χ2v) is 5.45. The van der Waals surface area contributed by atoms with Crippen LogP contribution in [0.15, 0.2) is 48.0 Å². The number of rotatable bonds is 4. The van der Waals surface area contributed by atoms with Crippen molar-refractivity contribution in [1.29, 1.82) is 0 Å². The van der Waals surface area contributed by atoms with E-state index in [2.05, 4.69) is 15.6 Å². The Kier molecular flexibility index (Phi) is 3.83. The SMILES string of the molecule is CCNc1ccccc1C(=O)Nc1ccc2ncsc2c1. The average Bonchev–Trinajstić information content (AvgIpc) is 2.95. The van der Waals surface area contributed by atoms with Crippen LogP contribution in [0.2, 0.25) is 0 Å². The number of nitrogens with one attached hydrogen (secondary N) is 2. The molecule has 5 heteroatoms. The van der Waals surface area contributed by atoms with Gasteiger partial charge in [0.15, 0.2) is 0 Å². The number of amides is 1. The van der Waals surface area contributed by atoms with E-state index in [1.807, 2.05) is 49.4 Å². The first-order chi connectivity index (χ1) is 10.3. The maximum absolute atomic E-state index is 12.4. The predicted molar refractivity (Wildman–Crippen MR) is 88.2 cm³/mol. The highest BCUT2D eigenvalue weighted by Crippen LogP contribution is 2.23. The molecule has 0 saturated carbocycles. The second-order valence-electron chi connectivity index (χ2n) is 4.56. The van der Waals surface area contributed by atoms with Crippen LogP contribution >= 0.6 is 11.3 Å². The lowest BCUT2D eigenvalue weighted by atomic mass is 10.1. The third-order valence-corrected chi connectivity index (χ3v) is 3.92. The Morgan fingerprint density at radius 3 is 2.95 bits per heavy atom. The summed E-state index contributed by atoms with van der Waals surface area (Å²) < 4.78 is 1.06. The molecule has 4 nitrogen and oxygen atoms in total. The fourth-order valence-electron chi connectivity index (χ4n) is 2.16. The minimum absolute atomic E-state index is 0.115. The molecule has 1 aromatic heterocycles. The highest BCUT2D eigenvalue weighted by Gasteiger charge is 2.11. The number of hydrogen-bond donors (Lipinski definition) is 2. The lowest BCUT2D eigenvalue weighted by molar-refractivity contribution is 0.102.